The summed E-state index contributed by atoms with van der Waals surface area (Å²) in [5.41, 5.74) is 6.70. The molecule has 2 unspecified atom stereocenters. The van der Waals surface area contributed by atoms with E-state index in [1.165, 1.54) is 44.8 Å². The van der Waals surface area contributed by atoms with Crippen LogP contribution < -0.4 is 5.73 Å². The maximum absolute atomic E-state index is 14.0. The van der Waals surface area contributed by atoms with Gasteiger partial charge in [0.1, 0.15) is 5.82 Å². The average molecular weight is 291 g/mol. The Balaban J connectivity index is 1.67. The standard InChI is InChI=1S/C17H26FN3/c18-16-7-3-2-6-15(16)17(12-19)21-11-8-14(13-21)20-9-4-1-5-10-20/h2-3,6-7,14,17H,1,4-5,8-13,19H2. The third kappa shape index (κ3) is 3.28. The van der Waals surface area contributed by atoms with Gasteiger partial charge in [0, 0.05) is 37.3 Å². The molecular weight excluding hydrogens is 265 g/mol. The summed E-state index contributed by atoms with van der Waals surface area (Å²) < 4.78 is 14.0. The molecule has 3 nitrogen and oxygen atoms in total. The Hall–Kier alpha value is -0.970. The Bertz CT molecular complexity index is 459. The molecule has 2 aliphatic rings. The highest BCUT2D eigenvalue weighted by atomic mass is 19.1. The molecule has 0 spiro atoms. The van der Waals surface area contributed by atoms with Crippen LogP contribution >= 0.6 is 0 Å². The summed E-state index contributed by atoms with van der Waals surface area (Å²) >= 11 is 0. The second-order valence-electron chi connectivity index (χ2n) is 6.31. The molecule has 0 saturated carbocycles. The Morgan fingerprint density at radius 3 is 2.62 bits per heavy atom. The lowest BCUT2D eigenvalue weighted by atomic mass is 10.0. The predicted molar refractivity (Wildman–Crippen MR) is 83.6 cm³/mol. The fraction of sp³-hybridized carbons (Fsp3) is 0.647. The van der Waals surface area contributed by atoms with Gasteiger partial charge in [0.15, 0.2) is 0 Å². The minimum absolute atomic E-state index is 0.0148. The second kappa shape index (κ2) is 6.86. The van der Waals surface area contributed by atoms with E-state index in [0.29, 0.717) is 12.6 Å². The fourth-order valence-electron chi connectivity index (χ4n) is 3.85. The van der Waals surface area contributed by atoms with Crippen LogP contribution in [0.1, 0.15) is 37.3 Å². The van der Waals surface area contributed by atoms with E-state index in [-0.39, 0.29) is 11.9 Å². The van der Waals surface area contributed by atoms with E-state index in [1.807, 2.05) is 12.1 Å². The number of hydrogen-bond acceptors (Lipinski definition) is 3. The molecule has 1 aromatic rings. The first-order chi connectivity index (χ1) is 10.3. The molecule has 0 radical (unpaired) electrons. The first-order valence-corrected chi connectivity index (χ1v) is 8.22. The van der Waals surface area contributed by atoms with E-state index in [2.05, 4.69) is 9.80 Å². The summed E-state index contributed by atoms with van der Waals surface area (Å²) in [4.78, 5) is 5.00. The number of likely N-dealkylation sites (tertiary alicyclic amines) is 2. The van der Waals surface area contributed by atoms with Gasteiger partial charge in [-0.25, -0.2) is 4.39 Å². The van der Waals surface area contributed by atoms with Gasteiger partial charge in [-0.3, -0.25) is 9.80 Å². The first kappa shape index (κ1) is 14.9. The van der Waals surface area contributed by atoms with Crippen molar-refractivity contribution in [1.29, 1.82) is 0 Å². The summed E-state index contributed by atoms with van der Waals surface area (Å²) in [5, 5.41) is 0. The molecule has 0 aliphatic carbocycles. The number of rotatable bonds is 4. The zero-order chi connectivity index (χ0) is 14.7. The molecule has 0 bridgehead atoms. The lowest BCUT2D eigenvalue weighted by molar-refractivity contribution is 0.152. The third-order valence-corrected chi connectivity index (χ3v) is 5.03. The van der Waals surface area contributed by atoms with Crippen molar-refractivity contribution in [2.24, 2.45) is 5.73 Å². The van der Waals surface area contributed by atoms with Gasteiger partial charge < -0.3 is 5.73 Å². The maximum atomic E-state index is 14.0. The zero-order valence-corrected chi connectivity index (χ0v) is 12.7. The lowest BCUT2D eigenvalue weighted by Crippen LogP contribution is -2.42. The van der Waals surface area contributed by atoms with E-state index in [0.717, 1.165) is 18.7 Å². The van der Waals surface area contributed by atoms with E-state index in [4.69, 9.17) is 5.73 Å². The van der Waals surface area contributed by atoms with Gasteiger partial charge in [-0.15, -0.1) is 0 Å². The van der Waals surface area contributed by atoms with Crippen molar-refractivity contribution in [3.05, 3.63) is 35.6 Å². The largest absolute Gasteiger partial charge is 0.329 e. The van der Waals surface area contributed by atoms with E-state index >= 15 is 0 Å². The predicted octanol–water partition coefficient (Wildman–Crippen LogP) is 2.39. The highest BCUT2D eigenvalue weighted by Gasteiger charge is 2.32. The van der Waals surface area contributed by atoms with Gasteiger partial charge in [-0.05, 0) is 38.4 Å². The summed E-state index contributed by atoms with van der Waals surface area (Å²) in [6.07, 6.45) is 5.20. The van der Waals surface area contributed by atoms with Crippen LogP contribution in [0.2, 0.25) is 0 Å². The molecule has 2 saturated heterocycles. The molecule has 2 atom stereocenters. The third-order valence-electron chi connectivity index (χ3n) is 5.03. The van der Waals surface area contributed by atoms with E-state index in [9.17, 15) is 4.39 Å². The normalized spacial score (nSPS) is 26.1. The quantitative estimate of drug-likeness (QED) is 0.924. The number of halogens is 1. The minimum Gasteiger partial charge on any atom is -0.329 e. The molecule has 2 heterocycles. The van der Waals surface area contributed by atoms with Crippen LogP contribution in [0.15, 0.2) is 24.3 Å². The van der Waals surface area contributed by atoms with Crippen LogP contribution in [0.25, 0.3) is 0 Å². The van der Waals surface area contributed by atoms with Crippen LogP contribution in [0.3, 0.4) is 0 Å². The van der Waals surface area contributed by atoms with E-state index < -0.39 is 0 Å². The van der Waals surface area contributed by atoms with Crippen molar-refractivity contribution in [2.45, 2.75) is 37.8 Å². The van der Waals surface area contributed by atoms with Crippen LogP contribution in [-0.4, -0.2) is 48.6 Å². The topological polar surface area (TPSA) is 32.5 Å². The molecule has 4 heteroatoms. The summed E-state index contributed by atoms with van der Waals surface area (Å²) in [6, 6.07) is 7.70. The van der Waals surface area contributed by atoms with Gasteiger partial charge in [0.2, 0.25) is 0 Å². The smallest absolute Gasteiger partial charge is 0.128 e. The Morgan fingerprint density at radius 2 is 1.90 bits per heavy atom. The van der Waals surface area contributed by atoms with Crippen molar-refractivity contribution >= 4 is 0 Å². The van der Waals surface area contributed by atoms with Crippen LogP contribution in [0, 0.1) is 5.82 Å². The second-order valence-corrected chi connectivity index (χ2v) is 6.31. The van der Waals surface area contributed by atoms with Crippen LogP contribution in [0.4, 0.5) is 4.39 Å². The molecule has 2 fully saturated rings. The van der Waals surface area contributed by atoms with Crippen molar-refractivity contribution in [1.82, 2.24) is 9.80 Å². The van der Waals surface area contributed by atoms with Gasteiger partial charge in [-0.2, -0.15) is 0 Å². The molecular formula is C17H26FN3. The van der Waals surface area contributed by atoms with Crippen molar-refractivity contribution in [3.63, 3.8) is 0 Å². The Kier molecular flexibility index (Phi) is 4.88. The van der Waals surface area contributed by atoms with E-state index in [1.54, 1.807) is 6.07 Å². The molecule has 3 rings (SSSR count). The molecule has 116 valence electrons. The van der Waals surface area contributed by atoms with Crippen molar-refractivity contribution in [2.75, 3.05) is 32.7 Å². The number of benzene rings is 1. The fourth-order valence-corrected chi connectivity index (χ4v) is 3.85. The van der Waals surface area contributed by atoms with Gasteiger partial charge >= 0.3 is 0 Å². The average Bonchev–Trinajstić information content (AvgIpc) is 3.00. The molecule has 2 N–H and O–H groups in total. The van der Waals surface area contributed by atoms with Crippen molar-refractivity contribution in [3.8, 4) is 0 Å². The van der Waals surface area contributed by atoms with Crippen LogP contribution in [-0.2, 0) is 0 Å². The Morgan fingerprint density at radius 1 is 1.14 bits per heavy atom. The zero-order valence-electron chi connectivity index (χ0n) is 12.7. The first-order valence-electron chi connectivity index (χ1n) is 8.22. The molecule has 1 aromatic carbocycles. The number of nitrogens with zero attached hydrogens (tertiary/aromatic N) is 2. The highest BCUT2D eigenvalue weighted by Crippen LogP contribution is 2.28. The van der Waals surface area contributed by atoms with Gasteiger partial charge in [-0.1, -0.05) is 24.6 Å². The lowest BCUT2D eigenvalue weighted by Gasteiger charge is -2.33. The minimum atomic E-state index is -0.130. The number of nitrogens with two attached hydrogens (primary N) is 1. The van der Waals surface area contributed by atoms with Gasteiger partial charge in [0.05, 0.1) is 0 Å². The summed E-state index contributed by atoms with van der Waals surface area (Å²) in [5.74, 6) is -0.130. The number of piperidine rings is 1. The van der Waals surface area contributed by atoms with Crippen molar-refractivity contribution < 1.29 is 4.39 Å². The van der Waals surface area contributed by atoms with Gasteiger partial charge in [0.25, 0.3) is 0 Å². The summed E-state index contributed by atoms with van der Waals surface area (Å²) in [6.45, 7) is 4.98. The maximum Gasteiger partial charge on any atom is 0.128 e. The molecule has 2 aliphatic heterocycles. The monoisotopic (exact) mass is 291 g/mol. The summed E-state index contributed by atoms with van der Waals surface area (Å²) in [7, 11) is 0. The Labute approximate surface area is 126 Å². The molecule has 0 amide bonds. The SMILES string of the molecule is NCC(c1ccccc1F)N1CCC(N2CCCCC2)C1. The highest BCUT2D eigenvalue weighted by molar-refractivity contribution is 5.22. The molecule has 21 heavy (non-hydrogen) atoms. The van der Waals surface area contributed by atoms with Crippen LogP contribution in [0.5, 0.6) is 0 Å². The molecule has 0 aromatic heterocycles. The number of hydrogen-bond donors (Lipinski definition) is 1.